The lowest BCUT2D eigenvalue weighted by Crippen LogP contribution is -2.30. The van der Waals surface area contributed by atoms with Gasteiger partial charge in [-0.15, -0.1) is 0 Å². The molecular formula is C14H12Cl2F2N2. The summed E-state index contributed by atoms with van der Waals surface area (Å²) in [6.07, 6.45) is 0.158. The van der Waals surface area contributed by atoms with Crippen molar-refractivity contribution in [3.8, 4) is 0 Å². The van der Waals surface area contributed by atoms with Crippen LogP contribution in [0.15, 0.2) is 36.4 Å². The van der Waals surface area contributed by atoms with Crippen LogP contribution >= 0.6 is 23.2 Å². The number of hydrogen-bond acceptors (Lipinski definition) is 2. The smallest absolute Gasteiger partial charge is 0.142 e. The highest BCUT2D eigenvalue weighted by atomic mass is 35.5. The molecule has 2 nitrogen and oxygen atoms in total. The number of rotatable bonds is 4. The van der Waals surface area contributed by atoms with E-state index in [9.17, 15) is 8.78 Å². The molecular weight excluding hydrogens is 305 g/mol. The Hall–Kier alpha value is -1.20. The lowest BCUT2D eigenvalue weighted by atomic mass is 9.98. The van der Waals surface area contributed by atoms with Crippen LogP contribution in [-0.2, 0) is 6.42 Å². The van der Waals surface area contributed by atoms with Crippen LogP contribution in [0.5, 0.6) is 0 Å². The normalized spacial score (nSPS) is 12.4. The number of nitrogens with one attached hydrogen (secondary N) is 1. The average molecular weight is 317 g/mol. The predicted molar refractivity (Wildman–Crippen MR) is 76.6 cm³/mol. The minimum atomic E-state index is -0.552. The third-order valence-corrected chi connectivity index (χ3v) is 3.78. The van der Waals surface area contributed by atoms with Crippen LogP contribution in [0.1, 0.15) is 17.2 Å². The van der Waals surface area contributed by atoms with E-state index >= 15 is 0 Å². The lowest BCUT2D eigenvalue weighted by molar-refractivity contribution is 0.525. The third kappa shape index (κ3) is 3.10. The maximum absolute atomic E-state index is 13.8. The topological polar surface area (TPSA) is 38.0 Å². The van der Waals surface area contributed by atoms with Crippen LogP contribution in [0.25, 0.3) is 0 Å². The molecule has 6 heteroatoms. The molecule has 1 unspecified atom stereocenters. The molecule has 3 N–H and O–H groups in total. The van der Waals surface area contributed by atoms with Gasteiger partial charge in [-0.25, -0.2) is 8.78 Å². The number of hydrogen-bond donors (Lipinski definition) is 2. The minimum absolute atomic E-state index is 0.0390. The van der Waals surface area contributed by atoms with Crippen LogP contribution in [0.3, 0.4) is 0 Å². The Morgan fingerprint density at radius 2 is 1.70 bits per heavy atom. The second-order valence-corrected chi connectivity index (χ2v) is 5.05. The summed E-state index contributed by atoms with van der Waals surface area (Å²) in [7, 11) is 0. The Balaban J connectivity index is 2.37. The van der Waals surface area contributed by atoms with Crippen LogP contribution in [0.2, 0.25) is 10.0 Å². The maximum Gasteiger partial charge on any atom is 0.142 e. The van der Waals surface area contributed by atoms with Crippen LogP contribution < -0.4 is 11.3 Å². The SMILES string of the molecule is NNC(Cc1c(F)cccc1Cl)c1cccc(F)c1Cl. The van der Waals surface area contributed by atoms with Crippen molar-refractivity contribution < 1.29 is 8.78 Å². The molecule has 0 bridgehead atoms. The molecule has 106 valence electrons. The van der Waals surface area contributed by atoms with Gasteiger partial charge in [0.05, 0.1) is 11.1 Å². The highest BCUT2D eigenvalue weighted by Gasteiger charge is 2.19. The summed E-state index contributed by atoms with van der Waals surface area (Å²) in [5.41, 5.74) is 3.27. The van der Waals surface area contributed by atoms with E-state index in [1.807, 2.05) is 0 Å². The highest BCUT2D eigenvalue weighted by molar-refractivity contribution is 6.32. The van der Waals surface area contributed by atoms with E-state index in [2.05, 4.69) is 5.43 Å². The molecule has 0 spiro atoms. The largest absolute Gasteiger partial charge is 0.271 e. The van der Waals surface area contributed by atoms with Crippen LogP contribution in [-0.4, -0.2) is 0 Å². The third-order valence-electron chi connectivity index (χ3n) is 3.03. The van der Waals surface area contributed by atoms with E-state index in [0.29, 0.717) is 11.1 Å². The van der Waals surface area contributed by atoms with Crippen molar-refractivity contribution in [1.29, 1.82) is 0 Å². The summed E-state index contributed by atoms with van der Waals surface area (Å²) < 4.78 is 27.3. The first kappa shape index (κ1) is 15.2. The lowest BCUT2D eigenvalue weighted by Gasteiger charge is -2.19. The van der Waals surface area contributed by atoms with Crippen molar-refractivity contribution in [3.63, 3.8) is 0 Å². The quantitative estimate of drug-likeness (QED) is 0.660. The van der Waals surface area contributed by atoms with Gasteiger partial charge < -0.3 is 0 Å². The first-order valence-electron chi connectivity index (χ1n) is 5.87. The predicted octanol–water partition coefficient (Wildman–Crippen LogP) is 4.02. The van der Waals surface area contributed by atoms with E-state index in [1.165, 1.54) is 24.3 Å². The summed E-state index contributed by atoms with van der Waals surface area (Å²) in [5.74, 6) is 4.48. The van der Waals surface area contributed by atoms with Gasteiger partial charge in [0.1, 0.15) is 11.6 Å². The van der Waals surface area contributed by atoms with Gasteiger partial charge >= 0.3 is 0 Å². The van der Waals surface area contributed by atoms with Crippen molar-refractivity contribution in [2.75, 3.05) is 0 Å². The first-order chi connectivity index (χ1) is 9.54. The molecule has 2 aromatic carbocycles. The monoisotopic (exact) mass is 316 g/mol. The second kappa shape index (κ2) is 6.50. The Kier molecular flexibility index (Phi) is 4.94. The van der Waals surface area contributed by atoms with Crippen LogP contribution in [0, 0.1) is 11.6 Å². The van der Waals surface area contributed by atoms with Crippen molar-refractivity contribution in [2.45, 2.75) is 12.5 Å². The zero-order valence-corrected chi connectivity index (χ0v) is 11.8. The molecule has 0 aliphatic heterocycles. The summed E-state index contributed by atoms with van der Waals surface area (Å²) in [4.78, 5) is 0. The minimum Gasteiger partial charge on any atom is -0.271 e. The number of benzene rings is 2. The molecule has 0 fully saturated rings. The number of halogens is 4. The van der Waals surface area contributed by atoms with Crippen molar-refractivity contribution >= 4 is 23.2 Å². The molecule has 0 amide bonds. The van der Waals surface area contributed by atoms with E-state index in [4.69, 9.17) is 29.0 Å². The van der Waals surface area contributed by atoms with E-state index < -0.39 is 17.7 Å². The highest BCUT2D eigenvalue weighted by Crippen LogP contribution is 2.30. The molecule has 0 aliphatic carbocycles. The van der Waals surface area contributed by atoms with Crippen molar-refractivity contribution in [2.24, 2.45) is 5.84 Å². The molecule has 2 aromatic rings. The molecule has 0 aliphatic rings. The molecule has 20 heavy (non-hydrogen) atoms. The molecule has 1 atom stereocenters. The van der Waals surface area contributed by atoms with Crippen LogP contribution in [0.4, 0.5) is 8.78 Å². The molecule has 0 saturated carbocycles. The zero-order chi connectivity index (χ0) is 14.7. The molecule has 0 heterocycles. The van der Waals surface area contributed by atoms with E-state index in [0.717, 1.165) is 0 Å². The van der Waals surface area contributed by atoms with Gasteiger partial charge in [-0.2, -0.15) is 0 Å². The molecule has 0 radical (unpaired) electrons. The first-order valence-corrected chi connectivity index (χ1v) is 6.63. The Morgan fingerprint density at radius 3 is 2.35 bits per heavy atom. The average Bonchev–Trinajstić information content (AvgIpc) is 2.42. The van der Waals surface area contributed by atoms with E-state index in [1.54, 1.807) is 12.1 Å². The van der Waals surface area contributed by atoms with Crippen molar-refractivity contribution in [3.05, 3.63) is 69.2 Å². The van der Waals surface area contributed by atoms with Gasteiger partial charge in [-0.3, -0.25) is 11.3 Å². The zero-order valence-electron chi connectivity index (χ0n) is 10.3. The summed E-state index contributed by atoms with van der Waals surface area (Å²) in [6, 6.07) is 8.25. The fraction of sp³-hybridized carbons (Fsp3) is 0.143. The summed E-state index contributed by atoms with van der Waals surface area (Å²) in [5, 5.41) is 0.251. The van der Waals surface area contributed by atoms with Gasteiger partial charge in [0.15, 0.2) is 0 Å². The molecule has 0 aromatic heterocycles. The summed E-state index contributed by atoms with van der Waals surface area (Å²) in [6.45, 7) is 0. The van der Waals surface area contributed by atoms with Gasteiger partial charge in [0.2, 0.25) is 0 Å². The van der Waals surface area contributed by atoms with Gasteiger partial charge in [0.25, 0.3) is 0 Å². The number of nitrogens with two attached hydrogens (primary N) is 1. The number of hydrazine groups is 1. The van der Waals surface area contributed by atoms with Gasteiger partial charge in [-0.05, 0) is 30.2 Å². The maximum atomic E-state index is 13.8. The Labute approximate surface area is 125 Å². The van der Waals surface area contributed by atoms with Gasteiger partial charge in [-0.1, -0.05) is 41.4 Å². The molecule has 0 saturated heterocycles. The Morgan fingerprint density at radius 1 is 1.05 bits per heavy atom. The standard InChI is InChI=1S/C14H12Cl2F2N2/c15-10-4-2-5-11(17)9(10)7-13(20-19)8-3-1-6-12(18)14(8)16/h1-6,13,20H,7,19H2. The Bertz CT molecular complexity index is 600. The fourth-order valence-electron chi connectivity index (χ4n) is 1.98. The van der Waals surface area contributed by atoms with E-state index in [-0.39, 0.29) is 16.5 Å². The second-order valence-electron chi connectivity index (χ2n) is 4.27. The molecule has 2 rings (SSSR count). The summed E-state index contributed by atoms with van der Waals surface area (Å²) >= 11 is 11.9. The van der Waals surface area contributed by atoms with Crippen molar-refractivity contribution in [1.82, 2.24) is 5.43 Å². The fourth-order valence-corrected chi connectivity index (χ4v) is 2.48. The van der Waals surface area contributed by atoms with Gasteiger partial charge in [0, 0.05) is 10.6 Å².